The minimum absolute atomic E-state index is 1.04. The van der Waals surface area contributed by atoms with Gasteiger partial charge in [0, 0.05) is 17.1 Å². The summed E-state index contributed by atoms with van der Waals surface area (Å²) in [5.41, 5.74) is 3.28. The molecule has 0 aliphatic heterocycles. The van der Waals surface area contributed by atoms with Crippen molar-refractivity contribution in [2.45, 2.75) is 62.3 Å². The maximum atomic E-state index is 3.94. The van der Waals surface area contributed by atoms with Crippen LogP contribution in [-0.4, -0.2) is 0 Å². The molecule has 2 rings (SSSR count). The standard InChI is InChI=1S/C19H19N.4C2H6/c1-3-5-12-17(4-2)20(18-13-8-6-9-14-18)19-15-10-7-11-16-19;4*1-2/h3-16H,2H2,1H3;4*1-2H3/b5-3-,17-12+;;;;. The average molecular weight is 382 g/mol. The molecule has 156 valence electrons. The molecule has 0 radical (unpaired) electrons. The highest BCUT2D eigenvalue weighted by Gasteiger charge is 2.10. The van der Waals surface area contributed by atoms with Crippen LogP contribution >= 0.6 is 0 Å². The summed E-state index contributed by atoms with van der Waals surface area (Å²) < 4.78 is 0. The van der Waals surface area contributed by atoms with Crippen molar-refractivity contribution in [3.05, 3.63) is 97.2 Å². The van der Waals surface area contributed by atoms with Crippen LogP contribution in [0.3, 0.4) is 0 Å². The third-order valence-corrected chi connectivity index (χ3v) is 2.96. The normalized spacial score (nSPS) is 9.11. The van der Waals surface area contributed by atoms with E-state index in [1.165, 1.54) is 0 Å². The van der Waals surface area contributed by atoms with Crippen molar-refractivity contribution in [2.24, 2.45) is 0 Å². The summed E-state index contributed by atoms with van der Waals surface area (Å²) in [5.74, 6) is 0. The van der Waals surface area contributed by atoms with Crippen LogP contribution in [0.1, 0.15) is 62.3 Å². The summed E-state index contributed by atoms with van der Waals surface area (Å²) in [6.45, 7) is 21.9. The zero-order valence-electron chi connectivity index (χ0n) is 19.7. The van der Waals surface area contributed by atoms with E-state index in [1.807, 2.05) is 117 Å². The second-order valence-electron chi connectivity index (χ2n) is 4.33. The van der Waals surface area contributed by atoms with Crippen LogP contribution < -0.4 is 4.90 Å². The summed E-state index contributed by atoms with van der Waals surface area (Å²) in [4.78, 5) is 2.19. The van der Waals surface area contributed by atoms with Crippen molar-refractivity contribution in [3.8, 4) is 0 Å². The monoisotopic (exact) mass is 381 g/mol. The molecule has 0 bridgehead atoms. The molecular weight excluding hydrogens is 338 g/mol. The lowest BCUT2D eigenvalue weighted by atomic mass is 10.2. The molecule has 0 N–H and O–H groups in total. The molecule has 28 heavy (non-hydrogen) atoms. The lowest BCUT2D eigenvalue weighted by Crippen LogP contribution is -2.14. The molecule has 0 fully saturated rings. The van der Waals surface area contributed by atoms with Gasteiger partial charge in [0.2, 0.25) is 0 Å². The highest BCUT2D eigenvalue weighted by Crippen LogP contribution is 2.29. The van der Waals surface area contributed by atoms with Gasteiger partial charge in [-0.15, -0.1) is 0 Å². The Hall–Kier alpha value is -2.54. The molecule has 0 saturated heterocycles. The topological polar surface area (TPSA) is 3.24 Å². The van der Waals surface area contributed by atoms with Crippen molar-refractivity contribution in [3.63, 3.8) is 0 Å². The fourth-order valence-electron chi connectivity index (χ4n) is 2.03. The Balaban J connectivity index is -0.000000695. The summed E-state index contributed by atoms with van der Waals surface area (Å²) in [5, 5.41) is 0. The molecule has 0 spiro atoms. The molecule has 0 unspecified atom stereocenters. The molecule has 0 aliphatic rings. The molecule has 0 heterocycles. The maximum Gasteiger partial charge on any atom is 0.0461 e. The fourth-order valence-corrected chi connectivity index (χ4v) is 2.03. The number of anilines is 2. The number of benzene rings is 2. The third kappa shape index (κ3) is 12.0. The van der Waals surface area contributed by atoms with E-state index in [0.29, 0.717) is 0 Å². The van der Waals surface area contributed by atoms with E-state index < -0.39 is 0 Å². The number of hydrogen-bond donors (Lipinski definition) is 0. The Kier molecular flexibility index (Phi) is 26.4. The molecule has 2 aromatic rings. The number of rotatable bonds is 5. The zero-order chi connectivity index (χ0) is 22.2. The van der Waals surface area contributed by atoms with Gasteiger partial charge in [-0.25, -0.2) is 0 Å². The minimum Gasteiger partial charge on any atom is -0.311 e. The molecular formula is C27H43N. The Bertz CT molecular complexity index is 555. The molecule has 0 saturated carbocycles. The second-order valence-corrected chi connectivity index (χ2v) is 4.33. The van der Waals surface area contributed by atoms with Gasteiger partial charge >= 0.3 is 0 Å². The average Bonchev–Trinajstić information content (AvgIpc) is 2.83. The summed E-state index contributed by atoms with van der Waals surface area (Å²) >= 11 is 0. The van der Waals surface area contributed by atoms with Crippen LogP contribution in [0.5, 0.6) is 0 Å². The van der Waals surface area contributed by atoms with E-state index in [1.54, 1.807) is 0 Å². The van der Waals surface area contributed by atoms with Gasteiger partial charge in [0.05, 0.1) is 0 Å². The first-order valence-corrected chi connectivity index (χ1v) is 10.7. The Morgan fingerprint density at radius 3 is 1.32 bits per heavy atom. The predicted molar refractivity (Wildman–Crippen MR) is 134 cm³/mol. The van der Waals surface area contributed by atoms with Gasteiger partial charge < -0.3 is 4.90 Å². The third-order valence-electron chi connectivity index (χ3n) is 2.96. The minimum atomic E-state index is 1.04. The largest absolute Gasteiger partial charge is 0.311 e. The number of allylic oxidation sites excluding steroid dienone is 4. The van der Waals surface area contributed by atoms with Crippen molar-refractivity contribution in [1.82, 2.24) is 0 Å². The van der Waals surface area contributed by atoms with Crippen LogP contribution in [-0.2, 0) is 0 Å². The first-order valence-electron chi connectivity index (χ1n) is 10.7. The summed E-state index contributed by atoms with van der Waals surface area (Å²) in [6, 6.07) is 20.6. The zero-order valence-corrected chi connectivity index (χ0v) is 19.7. The molecule has 0 amide bonds. The van der Waals surface area contributed by atoms with Crippen molar-refractivity contribution < 1.29 is 0 Å². The molecule has 1 nitrogen and oxygen atoms in total. The maximum absolute atomic E-state index is 3.94. The van der Waals surface area contributed by atoms with Crippen LogP contribution in [0.4, 0.5) is 11.4 Å². The van der Waals surface area contributed by atoms with Gasteiger partial charge in [0.15, 0.2) is 0 Å². The van der Waals surface area contributed by atoms with Gasteiger partial charge in [-0.3, -0.25) is 0 Å². The van der Waals surface area contributed by atoms with Crippen LogP contribution in [0.2, 0.25) is 0 Å². The predicted octanol–water partition coefficient (Wildman–Crippen LogP) is 9.58. The first-order chi connectivity index (χ1) is 13.9. The van der Waals surface area contributed by atoms with Gasteiger partial charge in [-0.05, 0) is 43.3 Å². The van der Waals surface area contributed by atoms with Crippen molar-refractivity contribution >= 4 is 11.4 Å². The van der Waals surface area contributed by atoms with Gasteiger partial charge in [-0.1, -0.05) is 111 Å². The Morgan fingerprint density at radius 1 is 0.679 bits per heavy atom. The van der Waals surface area contributed by atoms with E-state index in [0.717, 1.165) is 17.1 Å². The van der Waals surface area contributed by atoms with Gasteiger partial charge in [0.25, 0.3) is 0 Å². The van der Waals surface area contributed by atoms with Crippen LogP contribution in [0, 0.1) is 0 Å². The van der Waals surface area contributed by atoms with Crippen LogP contribution in [0.15, 0.2) is 97.2 Å². The highest BCUT2D eigenvalue weighted by molar-refractivity contribution is 5.70. The lowest BCUT2D eigenvalue weighted by Gasteiger charge is -2.26. The van der Waals surface area contributed by atoms with E-state index >= 15 is 0 Å². The van der Waals surface area contributed by atoms with Crippen molar-refractivity contribution in [2.75, 3.05) is 4.90 Å². The van der Waals surface area contributed by atoms with E-state index in [2.05, 4.69) is 41.8 Å². The number of hydrogen-bond acceptors (Lipinski definition) is 1. The highest BCUT2D eigenvalue weighted by atomic mass is 15.1. The first kappa shape index (κ1) is 30.2. The van der Waals surface area contributed by atoms with E-state index in [-0.39, 0.29) is 0 Å². The Morgan fingerprint density at radius 2 is 1.04 bits per heavy atom. The van der Waals surface area contributed by atoms with Gasteiger partial charge in [0.1, 0.15) is 0 Å². The van der Waals surface area contributed by atoms with Crippen LogP contribution in [0.25, 0.3) is 0 Å². The molecule has 0 atom stereocenters. The smallest absolute Gasteiger partial charge is 0.0461 e. The molecule has 0 aromatic heterocycles. The van der Waals surface area contributed by atoms with Crippen molar-refractivity contribution in [1.29, 1.82) is 0 Å². The number of para-hydroxylation sites is 2. The second kappa shape index (κ2) is 24.5. The lowest BCUT2D eigenvalue weighted by molar-refractivity contribution is 1.21. The SMILES string of the molecule is C=C/C(=C\C=C/C)N(c1ccccc1)c1ccccc1.CC.CC.CC.CC. The molecule has 0 aliphatic carbocycles. The van der Waals surface area contributed by atoms with Gasteiger partial charge in [-0.2, -0.15) is 0 Å². The summed E-state index contributed by atoms with van der Waals surface area (Å²) in [7, 11) is 0. The molecule has 1 heteroatoms. The quantitative estimate of drug-likeness (QED) is 0.466. The van der Waals surface area contributed by atoms with E-state index in [9.17, 15) is 0 Å². The summed E-state index contributed by atoms with van der Waals surface area (Å²) in [6.07, 6.45) is 7.97. The number of nitrogens with zero attached hydrogens (tertiary/aromatic N) is 1. The Labute approximate surface area is 176 Å². The molecule has 2 aromatic carbocycles. The van der Waals surface area contributed by atoms with E-state index in [4.69, 9.17) is 0 Å². The fraction of sp³-hybridized carbons (Fsp3) is 0.333.